The summed E-state index contributed by atoms with van der Waals surface area (Å²) in [7, 11) is 0. The second-order valence-electron chi connectivity index (χ2n) is 7.58. The molecule has 2 atom stereocenters. The summed E-state index contributed by atoms with van der Waals surface area (Å²) in [4.78, 5) is 27.7. The molecule has 2 saturated heterocycles. The van der Waals surface area contributed by atoms with Crippen LogP contribution in [0.3, 0.4) is 0 Å². The normalized spacial score (nSPS) is 26.2. The van der Waals surface area contributed by atoms with Crippen LogP contribution in [0.5, 0.6) is 0 Å². The van der Waals surface area contributed by atoms with Gasteiger partial charge in [-0.05, 0) is 51.0 Å². The average Bonchev–Trinajstić information content (AvgIpc) is 2.80. The van der Waals surface area contributed by atoms with Crippen LogP contribution in [0.4, 0.5) is 4.79 Å². The Kier molecular flexibility index (Phi) is 7.34. The highest BCUT2D eigenvalue weighted by molar-refractivity contribution is 5.81. The van der Waals surface area contributed by atoms with E-state index in [4.69, 9.17) is 0 Å². The van der Waals surface area contributed by atoms with Crippen LogP contribution in [0.1, 0.15) is 58.8 Å². The zero-order valence-electron chi connectivity index (χ0n) is 15.2. The minimum Gasteiger partial charge on any atom is -0.465 e. The predicted octanol–water partition coefficient (Wildman–Crippen LogP) is 2.54. The number of rotatable bonds is 5. The molecule has 2 fully saturated rings. The lowest BCUT2D eigenvalue weighted by atomic mass is 9.96. The summed E-state index contributed by atoms with van der Waals surface area (Å²) in [5.41, 5.74) is 0. The molecule has 0 saturated carbocycles. The second kappa shape index (κ2) is 9.25. The van der Waals surface area contributed by atoms with Gasteiger partial charge in [0.2, 0.25) is 5.91 Å². The topological polar surface area (TPSA) is 72.9 Å². The Labute approximate surface area is 145 Å². The van der Waals surface area contributed by atoms with Crippen molar-refractivity contribution < 1.29 is 14.7 Å². The minimum atomic E-state index is -0.822. The van der Waals surface area contributed by atoms with Gasteiger partial charge in [0.1, 0.15) is 0 Å². The Morgan fingerprint density at radius 3 is 2.58 bits per heavy atom. The number of likely N-dealkylation sites (tertiary alicyclic amines) is 2. The van der Waals surface area contributed by atoms with Gasteiger partial charge in [-0.1, -0.05) is 20.3 Å². The highest BCUT2D eigenvalue weighted by atomic mass is 16.4. The zero-order chi connectivity index (χ0) is 17.5. The first-order chi connectivity index (χ1) is 11.5. The van der Waals surface area contributed by atoms with Crippen LogP contribution < -0.4 is 5.32 Å². The molecule has 0 aromatic rings. The maximum Gasteiger partial charge on any atom is 0.407 e. The van der Waals surface area contributed by atoms with Gasteiger partial charge in [-0.15, -0.1) is 0 Å². The van der Waals surface area contributed by atoms with E-state index < -0.39 is 6.09 Å². The number of nitrogens with zero attached hydrogens (tertiary/aromatic N) is 2. The van der Waals surface area contributed by atoms with Gasteiger partial charge in [0.25, 0.3) is 0 Å². The van der Waals surface area contributed by atoms with Gasteiger partial charge in [-0.3, -0.25) is 9.69 Å². The summed E-state index contributed by atoms with van der Waals surface area (Å²) < 4.78 is 0. The van der Waals surface area contributed by atoms with E-state index in [1.165, 1.54) is 4.90 Å². The van der Waals surface area contributed by atoms with Crippen molar-refractivity contribution in [1.29, 1.82) is 0 Å². The summed E-state index contributed by atoms with van der Waals surface area (Å²) in [6, 6.07) is 0.294. The summed E-state index contributed by atoms with van der Waals surface area (Å²) >= 11 is 0. The average molecular weight is 339 g/mol. The summed E-state index contributed by atoms with van der Waals surface area (Å²) in [6.45, 7) is 7.24. The molecule has 2 rings (SSSR count). The molecule has 0 aromatic heterocycles. The van der Waals surface area contributed by atoms with Crippen molar-refractivity contribution >= 4 is 12.0 Å². The van der Waals surface area contributed by atoms with E-state index in [0.717, 1.165) is 58.0 Å². The van der Waals surface area contributed by atoms with Gasteiger partial charge < -0.3 is 15.3 Å². The fraction of sp³-hybridized carbons (Fsp3) is 0.889. The number of carboxylic acid groups (broad SMARTS) is 1. The largest absolute Gasteiger partial charge is 0.465 e. The molecule has 0 radical (unpaired) electrons. The van der Waals surface area contributed by atoms with Gasteiger partial charge in [0.15, 0.2) is 0 Å². The minimum absolute atomic E-state index is 0.0349. The van der Waals surface area contributed by atoms with E-state index in [0.29, 0.717) is 25.0 Å². The lowest BCUT2D eigenvalue weighted by Gasteiger charge is -2.40. The molecule has 2 heterocycles. The van der Waals surface area contributed by atoms with Crippen LogP contribution in [-0.2, 0) is 4.79 Å². The molecule has 0 aliphatic carbocycles. The van der Waals surface area contributed by atoms with Crippen LogP contribution in [0.15, 0.2) is 0 Å². The van der Waals surface area contributed by atoms with Crippen molar-refractivity contribution in [1.82, 2.24) is 15.1 Å². The Bertz CT molecular complexity index is 428. The maximum atomic E-state index is 12.6. The molecule has 6 nitrogen and oxygen atoms in total. The molecule has 2 aliphatic heterocycles. The first-order valence-electron chi connectivity index (χ1n) is 9.50. The van der Waals surface area contributed by atoms with Gasteiger partial charge in [-0.25, -0.2) is 4.79 Å². The Hall–Kier alpha value is -1.30. The van der Waals surface area contributed by atoms with Crippen LogP contribution in [0, 0.1) is 5.92 Å². The molecular weight excluding hydrogens is 306 g/mol. The number of carbonyl (C=O) groups is 2. The highest BCUT2D eigenvalue weighted by Gasteiger charge is 2.34. The number of carbonyl (C=O) groups excluding carboxylic acids is 1. The van der Waals surface area contributed by atoms with Gasteiger partial charge >= 0.3 is 6.09 Å². The molecule has 6 heteroatoms. The van der Waals surface area contributed by atoms with Crippen molar-refractivity contribution in [2.75, 3.05) is 26.2 Å². The molecule has 0 spiro atoms. The van der Waals surface area contributed by atoms with Gasteiger partial charge in [0, 0.05) is 25.7 Å². The fourth-order valence-electron chi connectivity index (χ4n) is 3.88. The summed E-state index contributed by atoms with van der Waals surface area (Å²) in [6.07, 6.45) is 6.05. The van der Waals surface area contributed by atoms with Crippen LogP contribution in [0.25, 0.3) is 0 Å². The van der Waals surface area contributed by atoms with Gasteiger partial charge in [0.05, 0.1) is 6.04 Å². The molecule has 0 aromatic carbocycles. The Balaban J connectivity index is 1.93. The highest BCUT2D eigenvalue weighted by Crippen LogP contribution is 2.25. The lowest BCUT2D eigenvalue weighted by Crippen LogP contribution is -2.53. The van der Waals surface area contributed by atoms with Crippen molar-refractivity contribution in [3.63, 3.8) is 0 Å². The molecular formula is C18H33N3O3. The van der Waals surface area contributed by atoms with Crippen molar-refractivity contribution in [2.24, 2.45) is 5.92 Å². The zero-order valence-corrected chi connectivity index (χ0v) is 15.2. The third-order valence-electron chi connectivity index (χ3n) is 5.30. The molecule has 24 heavy (non-hydrogen) atoms. The second-order valence-corrected chi connectivity index (χ2v) is 7.58. The summed E-state index contributed by atoms with van der Waals surface area (Å²) in [5, 5.41) is 12.3. The molecule has 138 valence electrons. The monoisotopic (exact) mass is 339 g/mol. The van der Waals surface area contributed by atoms with E-state index in [9.17, 15) is 14.7 Å². The number of piperidine rings is 1. The first kappa shape index (κ1) is 19.0. The fourth-order valence-corrected chi connectivity index (χ4v) is 3.88. The summed E-state index contributed by atoms with van der Waals surface area (Å²) in [5.74, 6) is 0.756. The van der Waals surface area contributed by atoms with Gasteiger partial charge in [-0.2, -0.15) is 0 Å². The van der Waals surface area contributed by atoms with E-state index >= 15 is 0 Å². The molecule has 1 unspecified atom stereocenters. The smallest absolute Gasteiger partial charge is 0.407 e. The van der Waals surface area contributed by atoms with E-state index in [2.05, 4.69) is 24.1 Å². The van der Waals surface area contributed by atoms with Crippen molar-refractivity contribution in [2.45, 2.75) is 70.9 Å². The third-order valence-corrected chi connectivity index (χ3v) is 5.30. The lowest BCUT2D eigenvalue weighted by molar-refractivity contribution is -0.129. The van der Waals surface area contributed by atoms with E-state index in [1.54, 1.807) is 0 Å². The number of hydrogen-bond donors (Lipinski definition) is 2. The predicted molar refractivity (Wildman–Crippen MR) is 94.0 cm³/mol. The molecule has 2 amide bonds. The standard InChI is InChI=1S/C18H33N3O3/c1-14(2)8-10-19-17(22)16-7-3-4-12-21(16)15-6-5-11-20(13-9-15)18(23)24/h14-16H,3-13H2,1-2H3,(H,19,22)(H,23,24)/t15-,16?/m0/s1. The first-order valence-corrected chi connectivity index (χ1v) is 9.50. The molecule has 2 aliphatic rings. The van der Waals surface area contributed by atoms with Crippen molar-refractivity contribution in [3.8, 4) is 0 Å². The van der Waals surface area contributed by atoms with Crippen LogP contribution in [-0.4, -0.2) is 65.2 Å². The van der Waals surface area contributed by atoms with Crippen LogP contribution >= 0.6 is 0 Å². The Morgan fingerprint density at radius 2 is 1.88 bits per heavy atom. The Morgan fingerprint density at radius 1 is 1.08 bits per heavy atom. The number of amides is 2. The van der Waals surface area contributed by atoms with Crippen LogP contribution in [0.2, 0.25) is 0 Å². The maximum absolute atomic E-state index is 12.6. The van der Waals surface area contributed by atoms with E-state index in [-0.39, 0.29) is 11.9 Å². The quantitative estimate of drug-likeness (QED) is 0.807. The molecule has 0 bridgehead atoms. The van der Waals surface area contributed by atoms with Crippen molar-refractivity contribution in [3.05, 3.63) is 0 Å². The number of nitrogens with one attached hydrogen (secondary N) is 1. The SMILES string of the molecule is CC(C)CCNC(=O)C1CCCCN1[C@H]1CCCN(C(=O)O)CC1. The third kappa shape index (κ3) is 5.36. The number of hydrogen-bond acceptors (Lipinski definition) is 3. The molecule has 2 N–H and O–H groups in total. The van der Waals surface area contributed by atoms with E-state index in [1.807, 2.05) is 0 Å².